The van der Waals surface area contributed by atoms with E-state index in [1.54, 1.807) is 0 Å². The molecule has 0 unspecified atom stereocenters. The Labute approximate surface area is 85.6 Å². The quantitative estimate of drug-likeness (QED) is 0.568. The molecular formula is C10H18Cl2. The highest BCUT2D eigenvalue weighted by atomic mass is 35.5. The molecule has 2 heteroatoms. The molecule has 0 aromatic carbocycles. The predicted molar refractivity (Wildman–Crippen MR) is 56.1 cm³/mol. The van der Waals surface area contributed by atoms with Gasteiger partial charge in [0.2, 0.25) is 0 Å². The van der Waals surface area contributed by atoms with Gasteiger partial charge in [-0.25, -0.2) is 0 Å². The fourth-order valence-corrected chi connectivity index (χ4v) is 2.14. The van der Waals surface area contributed by atoms with Gasteiger partial charge in [-0.15, -0.1) is 23.2 Å². The summed E-state index contributed by atoms with van der Waals surface area (Å²) in [5.74, 6) is 0.562. The van der Waals surface area contributed by atoms with Gasteiger partial charge in [-0.1, -0.05) is 13.8 Å². The Bertz CT molecular complexity index is 151. The fourth-order valence-electron chi connectivity index (χ4n) is 1.76. The molecule has 0 heterocycles. The average Bonchev–Trinajstić information content (AvgIpc) is 1.96. The second-order valence-corrected chi connectivity index (χ2v) is 6.27. The molecule has 72 valence electrons. The molecule has 0 bridgehead atoms. The van der Waals surface area contributed by atoms with Crippen molar-refractivity contribution in [3.8, 4) is 0 Å². The van der Waals surface area contributed by atoms with Crippen LogP contribution in [0, 0.1) is 5.92 Å². The van der Waals surface area contributed by atoms with Gasteiger partial charge in [-0.2, -0.15) is 0 Å². The summed E-state index contributed by atoms with van der Waals surface area (Å²) in [6.45, 7) is 6.51. The van der Waals surface area contributed by atoms with Gasteiger partial charge in [0.15, 0.2) is 0 Å². The summed E-state index contributed by atoms with van der Waals surface area (Å²) in [6.07, 6.45) is 4.23. The third-order valence-corrected chi connectivity index (χ3v) is 4.35. The van der Waals surface area contributed by atoms with Gasteiger partial charge in [0.1, 0.15) is 0 Å². The SMILES string of the molecule is CC(C)C1(Cl)CCC(C)(Cl)CC1. The zero-order valence-corrected chi connectivity index (χ0v) is 9.67. The van der Waals surface area contributed by atoms with Crippen LogP contribution in [0.25, 0.3) is 0 Å². The molecule has 0 radical (unpaired) electrons. The van der Waals surface area contributed by atoms with Crippen LogP contribution < -0.4 is 0 Å². The second kappa shape index (κ2) is 3.38. The Morgan fingerprint density at radius 2 is 1.42 bits per heavy atom. The second-order valence-electron chi connectivity index (χ2n) is 4.60. The topological polar surface area (TPSA) is 0 Å². The Balaban J connectivity index is 2.55. The maximum Gasteiger partial charge on any atom is 0.0471 e. The van der Waals surface area contributed by atoms with Gasteiger partial charge in [0.05, 0.1) is 0 Å². The van der Waals surface area contributed by atoms with Crippen molar-refractivity contribution < 1.29 is 0 Å². The highest BCUT2D eigenvalue weighted by molar-refractivity contribution is 6.26. The van der Waals surface area contributed by atoms with Gasteiger partial charge >= 0.3 is 0 Å². The molecule has 0 N–H and O–H groups in total. The van der Waals surface area contributed by atoms with Crippen molar-refractivity contribution in [1.82, 2.24) is 0 Å². The van der Waals surface area contributed by atoms with Crippen LogP contribution in [0.5, 0.6) is 0 Å². The highest BCUT2D eigenvalue weighted by Gasteiger charge is 2.39. The molecule has 0 atom stereocenters. The third-order valence-electron chi connectivity index (χ3n) is 3.16. The maximum atomic E-state index is 6.48. The standard InChI is InChI=1S/C10H18Cl2/c1-8(2)10(12)6-4-9(3,11)5-7-10/h8H,4-7H2,1-3H3. The van der Waals surface area contributed by atoms with Gasteiger partial charge in [-0.05, 0) is 38.5 Å². The minimum Gasteiger partial charge on any atom is -0.120 e. The van der Waals surface area contributed by atoms with Crippen molar-refractivity contribution in [3.63, 3.8) is 0 Å². The van der Waals surface area contributed by atoms with E-state index in [0.717, 1.165) is 25.7 Å². The minimum absolute atomic E-state index is 0.00722. The van der Waals surface area contributed by atoms with Crippen molar-refractivity contribution in [3.05, 3.63) is 0 Å². The van der Waals surface area contributed by atoms with Crippen LogP contribution in [0.3, 0.4) is 0 Å². The molecule has 1 rings (SSSR count). The molecule has 0 aromatic rings. The molecular weight excluding hydrogens is 191 g/mol. The molecule has 1 aliphatic carbocycles. The van der Waals surface area contributed by atoms with Crippen LogP contribution in [0.4, 0.5) is 0 Å². The van der Waals surface area contributed by atoms with Crippen LogP contribution in [0.2, 0.25) is 0 Å². The van der Waals surface area contributed by atoms with E-state index in [1.165, 1.54) is 0 Å². The number of alkyl halides is 2. The summed E-state index contributed by atoms with van der Waals surface area (Å²) >= 11 is 12.7. The molecule has 0 spiro atoms. The first-order valence-electron chi connectivity index (χ1n) is 4.74. The lowest BCUT2D eigenvalue weighted by Gasteiger charge is -2.40. The molecule has 0 saturated heterocycles. The lowest BCUT2D eigenvalue weighted by Crippen LogP contribution is -2.38. The number of hydrogen-bond donors (Lipinski definition) is 0. The minimum atomic E-state index is 0.00722. The fraction of sp³-hybridized carbons (Fsp3) is 1.00. The van der Waals surface area contributed by atoms with Crippen molar-refractivity contribution in [2.75, 3.05) is 0 Å². The van der Waals surface area contributed by atoms with Crippen molar-refractivity contribution in [2.24, 2.45) is 5.92 Å². The highest BCUT2D eigenvalue weighted by Crippen LogP contribution is 2.45. The van der Waals surface area contributed by atoms with Crippen molar-refractivity contribution in [2.45, 2.75) is 56.2 Å². The third kappa shape index (κ3) is 2.29. The van der Waals surface area contributed by atoms with E-state index in [4.69, 9.17) is 23.2 Å². The first-order chi connectivity index (χ1) is 5.36. The van der Waals surface area contributed by atoms with E-state index >= 15 is 0 Å². The largest absolute Gasteiger partial charge is 0.120 e. The molecule has 0 aromatic heterocycles. The molecule has 1 aliphatic rings. The Morgan fingerprint density at radius 3 is 1.75 bits per heavy atom. The summed E-state index contributed by atoms with van der Waals surface area (Å²) in [5, 5.41) is 0. The van der Waals surface area contributed by atoms with Crippen LogP contribution in [-0.4, -0.2) is 9.75 Å². The van der Waals surface area contributed by atoms with Gasteiger partial charge in [-0.3, -0.25) is 0 Å². The number of hydrogen-bond acceptors (Lipinski definition) is 0. The van der Waals surface area contributed by atoms with E-state index < -0.39 is 0 Å². The lowest BCUT2D eigenvalue weighted by molar-refractivity contribution is 0.276. The van der Waals surface area contributed by atoms with E-state index in [2.05, 4.69) is 20.8 Å². The first-order valence-corrected chi connectivity index (χ1v) is 5.49. The number of halogens is 2. The molecule has 0 amide bonds. The summed E-state index contributed by atoms with van der Waals surface area (Å²) in [4.78, 5) is 0.0294. The first kappa shape index (κ1) is 10.7. The molecule has 1 fully saturated rings. The Hall–Kier alpha value is 0.580. The van der Waals surface area contributed by atoms with E-state index in [0.29, 0.717) is 5.92 Å². The van der Waals surface area contributed by atoms with Gasteiger partial charge in [0, 0.05) is 9.75 Å². The van der Waals surface area contributed by atoms with Crippen LogP contribution in [0.1, 0.15) is 46.5 Å². The van der Waals surface area contributed by atoms with Crippen molar-refractivity contribution in [1.29, 1.82) is 0 Å². The van der Waals surface area contributed by atoms with Crippen LogP contribution in [-0.2, 0) is 0 Å². The maximum absolute atomic E-state index is 6.48. The number of rotatable bonds is 1. The van der Waals surface area contributed by atoms with E-state index in [1.807, 2.05) is 0 Å². The zero-order chi connectivity index (χ0) is 9.41. The summed E-state index contributed by atoms with van der Waals surface area (Å²) in [5.41, 5.74) is 0. The summed E-state index contributed by atoms with van der Waals surface area (Å²) in [6, 6.07) is 0. The monoisotopic (exact) mass is 208 g/mol. The normalized spacial score (nSPS) is 43.5. The Kier molecular flexibility index (Phi) is 3.00. The molecule has 0 nitrogen and oxygen atoms in total. The summed E-state index contributed by atoms with van der Waals surface area (Å²) in [7, 11) is 0. The predicted octanol–water partition coefficient (Wildman–Crippen LogP) is 4.19. The molecule has 1 saturated carbocycles. The smallest absolute Gasteiger partial charge is 0.0471 e. The van der Waals surface area contributed by atoms with Gasteiger partial charge in [0.25, 0.3) is 0 Å². The van der Waals surface area contributed by atoms with Gasteiger partial charge < -0.3 is 0 Å². The van der Waals surface area contributed by atoms with E-state index in [-0.39, 0.29) is 9.75 Å². The lowest BCUT2D eigenvalue weighted by atomic mass is 9.76. The van der Waals surface area contributed by atoms with E-state index in [9.17, 15) is 0 Å². The van der Waals surface area contributed by atoms with Crippen LogP contribution >= 0.6 is 23.2 Å². The molecule has 0 aliphatic heterocycles. The van der Waals surface area contributed by atoms with Crippen LogP contribution in [0.15, 0.2) is 0 Å². The molecule has 12 heavy (non-hydrogen) atoms. The zero-order valence-electron chi connectivity index (χ0n) is 8.16. The Morgan fingerprint density at radius 1 is 1.00 bits per heavy atom. The van der Waals surface area contributed by atoms with Crippen molar-refractivity contribution >= 4 is 23.2 Å². The average molecular weight is 209 g/mol. The summed E-state index contributed by atoms with van der Waals surface area (Å²) < 4.78 is 0.